The third-order valence-corrected chi connectivity index (χ3v) is 2.85. The van der Waals surface area contributed by atoms with Gasteiger partial charge in [0.15, 0.2) is 0 Å². The fourth-order valence-electron chi connectivity index (χ4n) is 1.77. The van der Waals surface area contributed by atoms with Crippen molar-refractivity contribution in [2.24, 2.45) is 0 Å². The Morgan fingerprint density at radius 3 is 2.90 bits per heavy atom. The minimum absolute atomic E-state index is 0.291. The summed E-state index contributed by atoms with van der Waals surface area (Å²) in [6, 6.07) is 10.1. The summed E-state index contributed by atoms with van der Waals surface area (Å²) in [6.45, 7) is 2.20. The Hall–Kier alpha value is -2.05. The number of halogens is 2. The van der Waals surface area contributed by atoms with E-state index in [1.807, 2.05) is 25.1 Å². The zero-order chi connectivity index (χ0) is 15.1. The van der Waals surface area contributed by atoms with Crippen molar-refractivity contribution in [3.63, 3.8) is 0 Å². The van der Waals surface area contributed by atoms with Gasteiger partial charge in [0.05, 0.1) is 5.69 Å². The minimum atomic E-state index is -0.375. The Bertz CT molecular complexity index is 676. The molecule has 0 unspecified atom stereocenters. The minimum Gasteiger partial charge on any atom is -0.487 e. The maximum absolute atomic E-state index is 13.5. The first-order valence-corrected chi connectivity index (χ1v) is 7.11. The predicted octanol–water partition coefficient (Wildman–Crippen LogP) is 4.09. The highest BCUT2D eigenvalue weighted by Crippen LogP contribution is 2.17. The van der Waals surface area contributed by atoms with Gasteiger partial charge in [0.1, 0.15) is 18.2 Å². The van der Waals surface area contributed by atoms with E-state index in [0.29, 0.717) is 30.2 Å². The maximum atomic E-state index is 13.5. The van der Waals surface area contributed by atoms with Crippen LogP contribution >= 0.6 is 11.6 Å². The number of aryl methyl sites for hydroxylation is 1. The first-order valence-electron chi connectivity index (χ1n) is 6.58. The van der Waals surface area contributed by atoms with Crippen molar-refractivity contribution in [2.75, 3.05) is 5.88 Å². The molecule has 4 heteroatoms. The third-order valence-electron chi connectivity index (χ3n) is 2.66. The van der Waals surface area contributed by atoms with Gasteiger partial charge in [0.25, 0.3) is 0 Å². The molecule has 0 bridgehead atoms. The molecule has 0 saturated carbocycles. The van der Waals surface area contributed by atoms with Crippen LogP contribution in [0.4, 0.5) is 4.39 Å². The highest BCUT2D eigenvalue weighted by Gasteiger charge is 2.02. The van der Waals surface area contributed by atoms with Gasteiger partial charge in [-0.25, -0.2) is 4.39 Å². The predicted molar refractivity (Wildman–Crippen MR) is 81.9 cm³/mol. The largest absolute Gasteiger partial charge is 0.487 e. The van der Waals surface area contributed by atoms with E-state index in [1.54, 1.807) is 6.07 Å². The lowest BCUT2D eigenvalue weighted by molar-refractivity contribution is 0.299. The van der Waals surface area contributed by atoms with E-state index in [4.69, 9.17) is 16.3 Å². The summed E-state index contributed by atoms with van der Waals surface area (Å²) in [5, 5.41) is 0. The number of nitrogens with zero attached hydrogens (tertiary/aromatic N) is 1. The molecule has 0 radical (unpaired) electrons. The maximum Gasteiger partial charge on any atom is 0.130 e. The zero-order valence-electron chi connectivity index (χ0n) is 11.7. The molecule has 0 aliphatic carbocycles. The Labute approximate surface area is 128 Å². The molecular weight excluding hydrogens is 289 g/mol. The molecule has 108 valence electrons. The average Bonchev–Trinajstić information content (AvgIpc) is 2.45. The number of hydrogen-bond acceptors (Lipinski definition) is 2. The summed E-state index contributed by atoms with van der Waals surface area (Å²) in [5.41, 5.74) is 2.30. The molecule has 1 heterocycles. The van der Waals surface area contributed by atoms with Crippen LogP contribution in [0.15, 0.2) is 36.4 Å². The van der Waals surface area contributed by atoms with Crippen LogP contribution in [0.5, 0.6) is 5.75 Å². The van der Waals surface area contributed by atoms with Gasteiger partial charge in [-0.1, -0.05) is 17.9 Å². The van der Waals surface area contributed by atoms with Gasteiger partial charge >= 0.3 is 0 Å². The molecule has 0 N–H and O–H groups in total. The fourth-order valence-corrected chi connectivity index (χ4v) is 1.86. The quantitative estimate of drug-likeness (QED) is 0.627. The molecule has 2 aromatic rings. The van der Waals surface area contributed by atoms with E-state index in [9.17, 15) is 4.39 Å². The van der Waals surface area contributed by atoms with Gasteiger partial charge in [-0.2, -0.15) is 0 Å². The second kappa shape index (κ2) is 7.66. The molecule has 2 rings (SSSR count). The van der Waals surface area contributed by atoms with Crippen molar-refractivity contribution < 1.29 is 9.13 Å². The van der Waals surface area contributed by atoms with E-state index in [-0.39, 0.29) is 5.82 Å². The van der Waals surface area contributed by atoms with Crippen LogP contribution in [0, 0.1) is 24.6 Å². The zero-order valence-corrected chi connectivity index (χ0v) is 12.5. The Balaban J connectivity index is 2.08. The number of rotatable bonds is 4. The van der Waals surface area contributed by atoms with E-state index < -0.39 is 0 Å². The Morgan fingerprint density at radius 2 is 2.14 bits per heavy atom. The first kappa shape index (κ1) is 15.3. The normalized spacial score (nSPS) is 9.86. The van der Waals surface area contributed by atoms with Crippen LogP contribution in [-0.2, 0) is 6.61 Å². The van der Waals surface area contributed by atoms with Crippen LogP contribution in [0.3, 0.4) is 0 Å². The van der Waals surface area contributed by atoms with Crippen LogP contribution in [0.2, 0.25) is 0 Å². The molecule has 0 atom stereocenters. The molecule has 0 fully saturated rings. The molecular formula is C17H15ClFNO. The van der Waals surface area contributed by atoms with Crippen molar-refractivity contribution in [3.05, 3.63) is 59.2 Å². The van der Waals surface area contributed by atoms with Gasteiger partial charge in [0, 0.05) is 29.6 Å². The van der Waals surface area contributed by atoms with Gasteiger partial charge in [-0.3, -0.25) is 4.98 Å². The van der Waals surface area contributed by atoms with Gasteiger partial charge in [-0.15, -0.1) is 11.6 Å². The fraction of sp³-hybridized carbons (Fsp3) is 0.235. The summed E-state index contributed by atoms with van der Waals surface area (Å²) in [6.07, 6.45) is 0.571. The van der Waals surface area contributed by atoms with Gasteiger partial charge < -0.3 is 4.74 Å². The summed E-state index contributed by atoms with van der Waals surface area (Å²) < 4.78 is 19.1. The van der Waals surface area contributed by atoms with Crippen LogP contribution in [-0.4, -0.2) is 10.9 Å². The van der Waals surface area contributed by atoms with Crippen LogP contribution < -0.4 is 4.74 Å². The number of benzene rings is 1. The standard InChI is InChI=1S/C17H15ClFNO/c1-13-5-4-7-16(20-13)12-21-17-10-14(6-2-3-8-18)9-15(19)11-17/h4-5,7,9-11H,3,8,12H2,1H3. The highest BCUT2D eigenvalue weighted by molar-refractivity contribution is 6.18. The summed E-state index contributed by atoms with van der Waals surface area (Å²) in [4.78, 5) is 4.33. The Kier molecular flexibility index (Phi) is 5.59. The van der Waals surface area contributed by atoms with Crippen molar-refractivity contribution in [1.82, 2.24) is 4.98 Å². The van der Waals surface area contributed by atoms with Crippen molar-refractivity contribution in [1.29, 1.82) is 0 Å². The second-order valence-corrected chi connectivity index (χ2v) is 4.85. The molecule has 0 aliphatic rings. The van der Waals surface area contributed by atoms with E-state index in [2.05, 4.69) is 16.8 Å². The van der Waals surface area contributed by atoms with Crippen LogP contribution in [0.1, 0.15) is 23.4 Å². The van der Waals surface area contributed by atoms with Crippen LogP contribution in [0.25, 0.3) is 0 Å². The molecule has 21 heavy (non-hydrogen) atoms. The van der Waals surface area contributed by atoms with E-state index in [1.165, 1.54) is 12.1 Å². The molecule has 1 aromatic carbocycles. The smallest absolute Gasteiger partial charge is 0.130 e. The number of alkyl halides is 1. The third kappa shape index (κ3) is 5.09. The summed E-state index contributed by atoms with van der Waals surface area (Å²) in [7, 11) is 0. The van der Waals surface area contributed by atoms with Crippen molar-refractivity contribution >= 4 is 11.6 Å². The SMILES string of the molecule is Cc1cccc(COc2cc(F)cc(C#CCCCl)c2)n1. The highest BCUT2D eigenvalue weighted by atomic mass is 35.5. The van der Waals surface area contributed by atoms with Crippen molar-refractivity contribution in [3.8, 4) is 17.6 Å². The molecule has 0 aliphatic heterocycles. The second-order valence-electron chi connectivity index (χ2n) is 4.48. The number of hydrogen-bond donors (Lipinski definition) is 0. The molecule has 0 saturated heterocycles. The molecule has 0 spiro atoms. The first-order chi connectivity index (χ1) is 10.2. The molecule has 0 amide bonds. The van der Waals surface area contributed by atoms with Gasteiger partial charge in [-0.05, 0) is 31.2 Å². The molecule has 2 nitrogen and oxygen atoms in total. The lowest BCUT2D eigenvalue weighted by Crippen LogP contribution is -1.99. The van der Waals surface area contributed by atoms with E-state index >= 15 is 0 Å². The van der Waals surface area contributed by atoms with Crippen molar-refractivity contribution in [2.45, 2.75) is 20.0 Å². The number of pyridine rings is 1. The summed E-state index contributed by atoms with van der Waals surface area (Å²) >= 11 is 5.55. The number of aromatic nitrogens is 1. The monoisotopic (exact) mass is 303 g/mol. The lowest BCUT2D eigenvalue weighted by atomic mass is 10.2. The molecule has 1 aromatic heterocycles. The number of ether oxygens (including phenoxy) is 1. The van der Waals surface area contributed by atoms with E-state index in [0.717, 1.165) is 11.4 Å². The van der Waals surface area contributed by atoms with Gasteiger partial charge in [0.2, 0.25) is 0 Å². The summed E-state index contributed by atoms with van der Waals surface area (Å²) in [5.74, 6) is 6.26. The Morgan fingerprint density at radius 1 is 1.29 bits per heavy atom. The lowest BCUT2D eigenvalue weighted by Gasteiger charge is -2.07. The average molecular weight is 304 g/mol. The topological polar surface area (TPSA) is 22.1 Å².